The van der Waals surface area contributed by atoms with E-state index in [0.29, 0.717) is 22.8 Å². The maximum absolute atomic E-state index is 13.4. The lowest BCUT2D eigenvalue weighted by Gasteiger charge is -2.10. The average Bonchev–Trinajstić information content (AvgIpc) is 3.40. The summed E-state index contributed by atoms with van der Waals surface area (Å²) < 4.78 is 3.74. The molecule has 0 amide bonds. The van der Waals surface area contributed by atoms with Crippen LogP contribution in [0.15, 0.2) is 82.8 Å². The van der Waals surface area contributed by atoms with Gasteiger partial charge in [-0.05, 0) is 24.1 Å². The number of hydrogen-bond donors (Lipinski definition) is 0. The highest BCUT2D eigenvalue weighted by Gasteiger charge is 2.17. The van der Waals surface area contributed by atoms with Gasteiger partial charge < -0.3 is 4.40 Å². The molecule has 31 heavy (non-hydrogen) atoms. The molecule has 1 aromatic carbocycles. The van der Waals surface area contributed by atoms with Crippen molar-refractivity contribution >= 4 is 39.0 Å². The van der Waals surface area contributed by atoms with Gasteiger partial charge in [0.1, 0.15) is 10.5 Å². The summed E-state index contributed by atoms with van der Waals surface area (Å²) in [4.78, 5) is 23.8. The number of rotatable bonds is 6. The van der Waals surface area contributed by atoms with Crippen LogP contribution in [0.4, 0.5) is 0 Å². The Labute approximate surface area is 187 Å². The number of aromatic nitrogens is 4. The third kappa shape index (κ3) is 3.60. The van der Waals surface area contributed by atoms with Gasteiger partial charge in [-0.3, -0.25) is 9.36 Å². The minimum atomic E-state index is -0.0293. The van der Waals surface area contributed by atoms with Crippen LogP contribution in [0.2, 0.25) is 0 Å². The number of pyridine rings is 1. The number of benzene rings is 1. The molecule has 5 rings (SSSR count). The first kappa shape index (κ1) is 19.8. The van der Waals surface area contributed by atoms with E-state index in [4.69, 9.17) is 9.97 Å². The van der Waals surface area contributed by atoms with E-state index >= 15 is 0 Å². The van der Waals surface area contributed by atoms with Crippen molar-refractivity contribution in [3.8, 4) is 11.1 Å². The van der Waals surface area contributed by atoms with Gasteiger partial charge in [-0.1, -0.05) is 54.2 Å². The molecule has 4 aromatic heterocycles. The van der Waals surface area contributed by atoms with Crippen LogP contribution in [0.5, 0.6) is 0 Å². The van der Waals surface area contributed by atoms with Gasteiger partial charge in [0.15, 0.2) is 5.16 Å². The first-order valence-electron chi connectivity index (χ1n) is 9.90. The van der Waals surface area contributed by atoms with Crippen LogP contribution in [-0.4, -0.2) is 18.9 Å². The molecule has 0 saturated heterocycles. The molecule has 0 bridgehead atoms. The minimum absolute atomic E-state index is 0.0293. The molecule has 5 nitrogen and oxygen atoms in total. The van der Waals surface area contributed by atoms with Gasteiger partial charge in [-0.15, -0.1) is 17.9 Å². The second-order valence-electron chi connectivity index (χ2n) is 7.24. The molecule has 7 heteroatoms. The summed E-state index contributed by atoms with van der Waals surface area (Å²) in [6, 6.07) is 14.0. The van der Waals surface area contributed by atoms with E-state index in [9.17, 15) is 4.79 Å². The fraction of sp³-hybridized carbons (Fsp3) is 0.125. The topological polar surface area (TPSA) is 52.2 Å². The number of imidazole rings is 1. The number of nitrogens with zero attached hydrogens (tertiary/aromatic N) is 4. The maximum Gasteiger partial charge on any atom is 0.263 e. The fourth-order valence-corrected chi connectivity index (χ4v) is 5.53. The lowest BCUT2D eigenvalue weighted by Crippen LogP contribution is -2.22. The van der Waals surface area contributed by atoms with Crippen molar-refractivity contribution in [2.24, 2.45) is 0 Å². The van der Waals surface area contributed by atoms with Crippen LogP contribution in [0.25, 0.3) is 27.0 Å². The third-order valence-corrected chi connectivity index (χ3v) is 7.01. The molecule has 154 valence electrons. The summed E-state index contributed by atoms with van der Waals surface area (Å²) in [5, 5.41) is 3.38. The summed E-state index contributed by atoms with van der Waals surface area (Å²) in [7, 11) is 0. The van der Waals surface area contributed by atoms with E-state index in [1.165, 1.54) is 23.1 Å². The zero-order valence-corrected chi connectivity index (χ0v) is 18.6. The number of thioether (sulfide) groups is 1. The molecule has 0 aliphatic rings. The third-order valence-electron chi connectivity index (χ3n) is 5.13. The normalized spacial score (nSPS) is 11.4. The predicted octanol–water partition coefficient (Wildman–Crippen LogP) is 5.56. The predicted molar refractivity (Wildman–Crippen MR) is 129 cm³/mol. The van der Waals surface area contributed by atoms with Crippen molar-refractivity contribution in [1.29, 1.82) is 0 Å². The van der Waals surface area contributed by atoms with Crippen LogP contribution in [0, 0.1) is 6.92 Å². The molecular weight excluding hydrogens is 424 g/mol. The van der Waals surface area contributed by atoms with Crippen LogP contribution >= 0.6 is 23.1 Å². The van der Waals surface area contributed by atoms with Crippen molar-refractivity contribution < 1.29 is 0 Å². The number of fused-ring (bicyclic) bond motifs is 2. The minimum Gasteiger partial charge on any atom is -0.307 e. The lowest BCUT2D eigenvalue weighted by molar-refractivity contribution is 0.673. The standard InChI is InChI=1S/C24H20N4OS2/c1-3-11-28-23(29)20-19(17-9-5-4-6-10-17)15-30-22(20)26-24(28)31-14-18-13-27-12-7-8-16(2)21(27)25-18/h3-10,12-13,15H,1,11,14H2,2H3. The molecule has 0 saturated carbocycles. The summed E-state index contributed by atoms with van der Waals surface area (Å²) in [6.07, 6.45) is 5.77. The number of aryl methyl sites for hydroxylation is 1. The van der Waals surface area contributed by atoms with Gasteiger partial charge in [-0.25, -0.2) is 9.97 Å². The molecule has 0 aliphatic carbocycles. The Morgan fingerprint density at radius 3 is 2.77 bits per heavy atom. The molecule has 0 unspecified atom stereocenters. The van der Waals surface area contributed by atoms with Crippen LogP contribution in [0.1, 0.15) is 11.3 Å². The molecule has 0 fully saturated rings. The van der Waals surface area contributed by atoms with Gasteiger partial charge in [0.2, 0.25) is 0 Å². The average molecular weight is 445 g/mol. The van der Waals surface area contributed by atoms with E-state index in [-0.39, 0.29) is 5.56 Å². The van der Waals surface area contributed by atoms with Gasteiger partial charge in [0.25, 0.3) is 5.56 Å². The summed E-state index contributed by atoms with van der Waals surface area (Å²) in [5.74, 6) is 0.632. The van der Waals surface area contributed by atoms with Crippen molar-refractivity contribution in [1.82, 2.24) is 18.9 Å². The summed E-state index contributed by atoms with van der Waals surface area (Å²) in [5.41, 5.74) is 4.97. The Hall–Kier alpha value is -3.16. The van der Waals surface area contributed by atoms with Crippen molar-refractivity contribution in [2.75, 3.05) is 0 Å². The van der Waals surface area contributed by atoms with Crippen LogP contribution in [-0.2, 0) is 12.3 Å². The Morgan fingerprint density at radius 1 is 1.16 bits per heavy atom. The highest BCUT2D eigenvalue weighted by molar-refractivity contribution is 7.98. The number of thiophene rings is 1. The van der Waals surface area contributed by atoms with Crippen molar-refractivity contribution in [2.45, 2.75) is 24.4 Å². The summed E-state index contributed by atoms with van der Waals surface area (Å²) in [6.45, 7) is 6.30. The van der Waals surface area contributed by atoms with Crippen LogP contribution in [0.3, 0.4) is 0 Å². The smallest absolute Gasteiger partial charge is 0.263 e. The van der Waals surface area contributed by atoms with E-state index in [0.717, 1.165) is 32.9 Å². The molecule has 0 aliphatic heterocycles. The zero-order valence-electron chi connectivity index (χ0n) is 17.0. The zero-order chi connectivity index (χ0) is 21.4. The van der Waals surface area contributed by atoms with E-state index in [2.05, 4.69) is 19.6 Å². The molecule has 0 spiro atoms. The maximum atomic E-state index is 13.4. The number of allylic oxidation sites excluding steroid dienone is 1. The van der Waals surface area contributed by atoms with Crippen LogP contribution < -0.4 is 5.56 Å². The quantitative estimate of drug-likeness (QED) is 0.195. The Morgan fingerprint density at radius 2 is 2.00 bits per heavy atom. The van der Waals surface area contributed by atoms with Gasteiger partial charge >= 0.3 is 0 Å². The van der Waals surface area contributed by atoms with Gasteiger partial charge in [0, 0.05) is 35.6 Å². The first-order valence-corrected chi connectivity index (χ1v) is 11.8. The Kier molecular flexibility index (Phi) is 5.21. The lowest BCUT2D eigenvalue weighted by atomic mass is 10.1. The Bertz CT molecular complexity index is 1460. The second-order valence-corrected chi connectivity index (χ2v) is 9.04. The molecule has 0 N–H and O–H groups in total. The monoisotopic (exact) mass is 444 g/mol. The molecular formula is C24H20N4OS2. The number of hydrogen-bond acceptors (Lipinski definition) is 5. The molecule has 4 heterocycles. The fourth-order valence-electron chi connectivity index (χ4n) is 3.65. The first-order chi connectivity index (χ1) is 15.2. The molecule has 0 atom stereocenters. The highest BCUT2D eigenvalue weighted by Crippen LogP contribution is 2.32. The van der Waals surface area contributed by atoms with E-state index in [1.54, 1.807) is 10.6 Å². The largest absolute Gasteiger partial charge is 0.307 e. The Balaban J connectivity index is 1.55. The van der Waals surface area contributed by atoms with E-state index < -0.39 is 0 Å². The summed E-state index contributed by atoms with van der Waals surface area (Å²) >= 11 is 3.04. The molecule has 0 radical (unpaired) electrons. The molecule has 5 aromatic rings. The van der Waals surface area contributed by atoms with Crippen molar-refractivity contribution in [3.05, 3.63) is 94.5 Å². The second kappa shape index (κ2) is 8.17. The van der Waals surface area contributed by atoms with Gasteiger partial charge in [-0.2, -0.15) is 0 Å². The highest BCUT2D eigenvalue weighted by atomic mass is 32.2. The SMILES string of the molecule is C=CCn1c(SCc2cn3cccc(C)c3n2)nc2scc(-c3ccccc3)c2c1=O. The van der Waals surface area contributed by atoms with Gasteiger partial charge in [0.05, 0.1) is 11.1 Å². The van der Waals surface area contributed by atoms with E-state index in [1.807, 2.05) is 58.6 Å². The van der Waals surface area contributed by atoms with Crippen molar-refractivity contribution in [3.63, 3.8) is 0 Å².